The van der Waals surface area contributed by atoms with Gasteiger partial charge in [-0.3, -0.25) is 4.79 Å². The molecule has 0 saturated heterocycles. The van der Waals surface area contributed by atoms with Crippen LogP contribution in [-0.4, -0.2) is 23.7 Å². The number of carbonyl (C=O) groups excluding carboxylic acids is 1. The van der Waals surface area contributed by atoms with Gasteiger partial charge in [0.2, 0.25) is 0 Å². The van der Waals surface area contributed by atoms with Gasteiger partial charge in [0.05, 0.1) is 11.7 Å². The molecule has 0 radical (unpaired) electrons. The first-order valence-corrected chi connectivity index (χ1v) is 6.97. The molecule has 0 aliphatic carbocycles. The van der Waals surface area contributed by atoms with Gasteiger partial charge in [0.25, 0.3) is 5.91 Å². The molecule has 0 bridgehead atoms. The zero-order valence-electron chi connectivity index (χ0n) is 11.0. The van der Waals surface area contributed by atoms with E-state index in [4.69, 9.17) is 0 Å². The lowest BCUT2D eigenvalue weighted by molar-refractivity contribution is 0.0849. The molecule has 1 rings (SSSR count). The number of hydrogen-bond acceptors (Lipinski definition) is 2. The summed E-state index contributed by atoms with van der Waals surface area (Å²) in [6.45, 7) is 6.25. The summed E-state index contributed by atoms with van der Waals surface area (Å²) in [5.41, 5.74) is 1.69. The van der Waals surface area contributed by atoms with Crippen LogP contribution in [-0.2, 0) is 0 Å². The van der Waals surface area contributed by atoms with Crippen molar-refractivity contribution in [3.63, 3.8) is 0 Å². The van der Waals surface area contributed by atoms with E-state index in [-0.39, 0.29) is 18.4 Å². The van der Waals surface area contributed by atoms with Crippen LogP contribution in [0.25, 0.3) is 0 Å². The molecule has 4 heteroatoms. The molecular weight excluding hydrogens is 294 g/mol. The monoisotopic (exact) mass is 313 g/mol. The van der Waals surface area contributed by atoms with Crippen molar-refractivity contribution in [3.05, 3.63) is 33.8 Å². The molecule has 2 atom stereocenters. The SMILES string of the molecule is CCC(C)C(O)CNC(=O)c1ccc(C)cc1Br. The zero-order valence-corrected chi connectivity index (χ0v) is 12.6. The Balaban J connectivity index is 2.60. The summed E-state index contributed by atoms with van der Waals surface area (Å²) in [7, 11) is 0. The van der Waals surface area contributed by atoms with Gasteiger partial charge in [-0.05, 0) is 46.5 Å². The van der Waals surface area contributed by atoms with E-state index in [0.29, 0.717) is 5.56 Å². The fraction of sp³-hybridized carbons (Fsp3) is 0.500. The van der Waals surface area contributed by atoms with Gasteiger partial charge in [0.1, 0.15) is 0 Å². The van der Waals surface area contributed by atoms with E-state index in [0.717, 1.165) is 16.5 Å². The number of amides is 1. The number of benzene rings is 1. The lowest BCUT2D eigenvalue weighted by atomic mass is 10.0. The van der Waals surface area contributed by atoms with Gasteiger partial charge in [-0.2, -0.15) is 0 Å². The topological polar surface area (TPSA) is 49.3 Å². The Morgan fingerprint density at radius 1 is 1.50 bits per heavy atom. The van der Waals surface area contributed by atoms with Crippen LogP contribution in [0.15, 0.2) is 22.7 Å². The summed E-state index contributed by atoms with van der Waals surface area (Å²) >= 11 is 3.37. The highest BCUT2D eigenvalue weighted by Gasteiger charge is 2.15. The number of halogens is 1. The Morgan fingerprint density at radius 3 is 2.72 bits per heavy atom. The zero-order chi connectivity index (χ0) is 13.7. The molecule has 100 valence electrons. The van der Waals surface area contributed by atoms with E-state index in [9.17, 15) is 9.90 Å². The van der Waals surface area contributed by atoms with E-state index in [2.05, 4.69) is 21.2 Å². The van der Waals surface area contributed by atoms with Crippen molar-refractivity contribution >= 4 is 21.8 Å². The molecule has 2 unspecified atom stereocenters. The van der Waals surface area contributed by atoms with Crippen molar-refractivity contribution < 1.29 is 9.90 Å². The van der Waals surface area contributed by atoms with Crippen molar-refractivity contribution in [1.82, 2.24) is 5.32 Å². The van der Waals surface area contributed by atoms with Crippen molar-refractivity contribution in [2.24, 2.45) is 5.92 Å². The standard InChI is InChI=1S/C14H20BrNO2/c1-4-10(3)13(17)8-16-14(18)11-6-5-9(2)7-12(11)15/h5-7,10,13,17H,4,8H2,1-3H3,(H,16,18). The second-order valence-electron chi connectivity index (χ2n) is 4.65. The van der Waals surface area contributed by atoms with Crippen LogP contribution in [0.3, 0.4) is 0 Å². The summed E-state index contributed by atoms with van der Waals surface area (Å²) in [6.07, 6.45) is 0.397. The summed E-state index contributed by atoms with van der Waals surface area (Å²) in [5, 5.41) is 12.6. The molecule has 0 spiro atoms. The number of aliphatic hydroxyl groups is 1. The lowest BCUT2D eigenvalue weighted by Crippen LogP contribution is -2.35. The third-order valence-corrected chi connectivity index (χ3v) is 3.80. The van der Waals surface area contributed by atoms with Crippen LogP contribution in [0.5, 0.6) is 0 Å². The number of nitrogens with one attached hydrogen (secondary N) is 1. The van der Waals surface area contributed by atoms with Crippen molar-refractivity contribution in [1.29, 1.82) is 0 Å². The van der Waals surface area contributed by atoms with Crippen LogP contribution >= 0.6 is 15.9 Å². The predicted octanol–water partition coefficient (Wildman–Crippen LogP) is 2.89. The van der Waals surface area contributed by atoms with E-state index in [1.807, 2.05) is 32.9 Å². The maximum absolute atomic E-state index is 11.9. The third-order valence-electron chi connectivity index (χ3n) is 3.14. The van der Waals surface area contributed by atoms with Crippen LogP contribution < -0.4 is 5.32 Å². The maximum atomic E-state index is 11.9. The fourth-order valence-electron chi connectivity index (χ4n) is 1.57. The average molecular weight is 314 g/mol. The molecule has 1 aromatic carbocycles. The Kier molecular flexibility index (Phi) is 5.82. The van der Waals surface area contributed by atoms with Gasteiger partial charge < -0.3 is 10.4 Å². The van der Waals surface area contributed by atoms with E-state index < -0.39 is 6.10 Å². The van der Waals surface area contributed by atoms with Crippen LogP contribution in [0.4, 0.5) is 0 Å². The molecule has 1 aromatic rings. The number of hydrogen-bond donors (Lipinski definition) is 2. The van der Waals surface area contributed by atoms with E-state index >= 15 is 0 Å². The molecular formula is C14H20BrNO2. The van der Waals surface area contributed by atoms with Crippen molar-refractivity contribution in [2.75, 3.05) is 6.54 Å². The summed E-state index contributed by atoms with van der Waals surface area (Å²) in [4.78, 5) is 11.9. The molecule has 1 amide bonds. The normalized spacial score (nSPS) is 14.1. The molecule has 0 aromatic heterocycles. The van der Waals surface area contributed by atoms with Crippen LogP contribution in [0.1, 0.15) is 36.2 Å². The first-order chi connectivity index (χ1) is 8.45. The van der Waals surface area contributed by atoms with E-state index in [1.54, 1.807) is 6.07 Å². The second-order valence-corrected chi connectivity index (χ2v) is 5.50. The Hall–Kier alpha value is -0.870. The Labute approximate surface area is 117 Å². The molecule has 0 saturated carbocycles. The lowest BCUT2D eigenvalue weighted by Gasteiger charge is -2.17. The molecule has 0 aliphatic rings. The number of rotatable bonds is 5. The highest BCUT2D eigenvalue weighted by atomic mass is 79.9. The van der Waals surface area contributed by atoms with Gasteiger partial charge in [-0.1, -0.05) is 26.3 Å². The average Bonchev–Trinajstić information content (AvgIpc) is 2.34. The largest absolute Gasteiger partial charge is 0.391 e. The number of aliphatic hydroxyl groups excluding tert-OH is 1. The van der Waals surface area contributed by atoms with Gasteiger partial charge in [0, 0.05) is 11.0 Å². The number of carbonyl (C=O) groups is 1. The molecule has 18 heavy (non-hydrogen) atoms. The van der Waals surface area contributed by atoms with Crippen LogP contribution in [0, 0.1) is 12.8 Å². The van der Waals surface area contributed by atoms with Gasteiger partial charge >= 0.3 is 0 Å². The molecule has 2 N–H and O–H groups in total. The smallest absolute Gasteiger partial charge is 0.252 e. The minimum absolute atomic E-state index is 0.163. The highest BCUT2D eigenvalue weighted by molar-refractivity contribution is 9.10. The first-order valence-electron chi connectivity index (χ1n) is 6.18. The third kappa shape index (κ3) is 4.10. The molecule has 3 nitrogen and oxygen atoms in total. The van der Waals surface area contributed by atoms with Crippen molar-refractivity contribution in [2.45, 2.75) is 33.3 Å². The summed E-state index contributed by atoms with van der Waals surface area (Å²) in [6, 6.07) is 5.58. The second kappa shape index (κ2) is 6.90. The van der Waals surface area contributed by atoms with Crippen molar-refractivity contribution in [3.8, 4) is 0 Å². The quantitative estimate of drug-likeness (QED) is 0.878. The first kappa shape index (κ1) is 15.2. The minimum Gasteiger partial charge on any atom is -0.391 e. The highest BCUT2D eigenvalue weighted by Crippen LogP contribution is 2.18. The fourth-order valence-corrected chi connectivity index (χ4v) is 2.24. The Morgan fingerprint density at radius 2 is 2.17 bits per heavy atom. The van der Waals surface area contributed by atoms with Gasteiger partial charge in [-0.15, -0.1) is 0 Å². The number of aryl methyl sites for hydroxylation is 1. The predicted molar refractivity (Wildman–Crippen MR) is 76.7 cm³/mol. The maximum Gasteiger partial charge on any atom is 0.252 e. The summed E-state index contributed by atoms with van der Waals surface area (Å²) in [5.74, 6) is 0.0241. The molecule has 0 heterocycles. The van der Waals surface area contributed by atoms with Gasteiger partial charge in [-0.25, -0.2) is 0 Å². The molecule has 0 fully saturated rings. The summed E-state index contributed by atoms with van der Waals surface area (Å²) < 4.78 is 0.776. The molecule has 0 aliphatic heterocycles. The van der Waals surface area contributed by atoms with Crippen LogP contribution in [0.2, 0.25) is 0 Å². The van der Waals surface area contributed by atoms with E-state index in [1.165, 1.54) is 0 Å². The Bertz CT molecular complexity index is 420. The minimum atomic E-state index is -0.497. The van der Waals surface area contributed by atoms with Gasteiger partial charge in [0.15, 0.2) is 0 Å².